The summed E-state index contributed by atoms with van der Waals surface area (Å²) >= 11 is 0. The Balaban J connectivity index is 1.49. The molecule has 5 rings (SSSR count). The van der Waals surface area contributed by atoms with Crippen molar-refractivity contribution >= 4 is 40.4 Å². The van der Waals surface area contributed by atoms with E-state index in [9.17, 15) is 14.4 Å². The van der Waals surface area contributed by atoms with Crippen LogP contribution in [0.3, 0.4) is 0 Å². The van der Waals surface area contributed by atoms with Gasteiger partial charge in [-0.1, -0.05) is 66.7 Å². The second kappa shape index (κ2) is 9.74. The average Bonchev–Trinajstić information content (AvgIpc) is 2.89. The van der Waals surface area contributed by atoms with E-state index in [0.717, 1.165) is 37.9 Å². The summed E-state index contributed by atoms with van der Waals surface area (Å²) in [4.78, 5) is 39.8. The number of para-hydroxylation sites is 1. The first kappa shape index (κ1) is 24.0. The van der Waals surface area contributed by atoms with Gasteiger partial charge in [-0.2, -0.15) is 0 Å². The predicted molar refractivity (Wildman–Crippen MR) is 144 cm³/mol. The van der Waals surface area contributed by atoms with Gasteiger partial charge < -0.3 is 4.74 Å². The largest absolute Gasteiger partial charge is 0.488 e. The Bertz CT molecular complexity index is 1600. The van der Waals surface area contributed by atoms with Crippen LogP contribution >= 0.6 is 0 Å². The van der Waals surface area contributed by atoms with Gasteiger partial charge in [-0.3, -0.25) is 14.9 Å². The number of nitrogens with zero attached hydrogens (tertiary/aromatic N) is 1. The van der Waals surface area contributed by atoms with Gasteiger partial charge in [0.05, 0.1) is 5.69 Å². The summed E-state index contributed by atoms with van der Waals surface area (Å²) in [7, 11) is 0. The number of imide groups is 2. The molecule has 184 valence electrons. The molecule has 4 amide bonds. The fraction of sp³-hybridized carbons (Fsp3) is 0.129. The Morgan fingerprint density at radius 3 is 2.41 bits per heavy atom. The van der Waals surface area contributed by atoms with E-state index in [1.165, 1.54) is 6.08 Å². The molecule has 0 aromatic heterocycles. The third kappa shape index (κ3) is 4.49. The lowest BCUT2D eigenvalue weighted by atomic mass is 10.0. The van der Waals surface area contributed by atoms with Crippen LogP contribution in [0.25, 0.3) is 16.8 Å². The van der Waals surface area contributed by atoms with Gasteiger partial charge in [-0.25, -0.2) is 9.69 Å². The van der Waals surface area contributed by atoms with Crippen LogP contribution in [0.4, 0.5) is 10.5 Å². The number of rotatable bonds is 5. The van der Waals surface area contributed by atoms with E-state index < -0.39 is 17.8 Å². The van der Waals surface area contributed by atoms with E-state index in [1.807, 2.05) is 45.0 Å². The highest BCUT2D eigenvalue weighted by atomic mass is 16.5. The summed E-state index contributed by atoms with van der Waals surface area (Å²) in [6.45, 7) is 6.10. The van der Waals surface area contributed by atoms with E-state index in [-0.39, 0.29) is 5.57 Å². The number of fused-ring (bicyclic) bond motifs is 1. The Morgan fingerprint density at radius 1 is 0.811 bits per heavy atom. The minimum absolute atomic E-state index is 0.141. The molecule has 6 heteroatoms. The lowest BCUT2D eigenvalue weighted by Gasteiger charge is -2.28. The normalized spacial score (nSPS) is 14.8. The van der Waals surface area contributed by atoms with Gasteiger partial charge in [0.1, 0.15) is 17.9 Å². The summed E-state index contributed by atoms with van der Waals surface area (Å²) in [5, 5.41) is 4.54. The first-order valence-electron chi connectivity index (χ1n) is 12.0. The molecule has 1 fully saturated rings. The van der Waals surface area contributed by atoms with E-state index in [2.05, 4.69) is 29.6 Å². The quantitative estimate of drug-likeness (QED) is 0.275. The van der Waals surface area contributed by atoms with Gasteiger partial charge in [0, 0.05) is 11.1 Å². The van der Waals surface area contributed by atoms with Gasteiger partial charge in [-0.15, -0.1) is 0 Å². The number of carbonyl (C=O) groups is 3. The highest BCUT2D eigenvalue weighted by Gasteiger charge is 2.37. The van der Waals surface area contributed by atoms with Crippen molar-refractivity contribution in [2.75, 3.05) is 4.90 Å². The zero-order valence-electron chi connectivity index (χ0n) is 20.9. The molecule has 6 nitrogen and oxygen atoms in total. The molecule has 0 unspecified atom stereocenters. The van der Waals surface area contributed by atoms with Gasteiger partial charge >= 0.3 is 6.03 Å². The summed E-state index contributed by atoms with van der Waals surface area (Å²) in [5.74, 6) is -0.892. The summed E-state index contributed by atoms with van der Waals surface area (Å²) in [6.07, 6.45) is 1.48. The number of hydrogen-bond donors (Lipinski definition) is 1. The molecule has 0 saturated carbocycles. The molecule has 4 aromatic carbocycles. The fourth-order valence-corrected chi connectivity index (χ4v) is 4.53. The Hall–Kier alpha value is -4.71. The molecular weight excluding hydrogens is 464 g/mol. The standard InChI is InChI=1S/C31H26N2O4/c1-19-9-8-13-27(21(19)3)33-30(35)25(29(34)32-31(33)36)17-23-11-5-7-14-28(23)37-18-26-20(2)15-16-22-10-4-6-12-24(22)26/h4-17H,18H2,1-3H3,(H,32,34,36)/b25-17+. The highest BCUT2D eigenvalue weighted by molar-refractivity contribution is 6.39. The molecule has 0 aliphatic carbocycles. The van der Waals surface area contributed by atoms with E-state index in [1.54, 1.807) is 30.3 Å². The maximum absolute atomic E-state index is 13.4. The van der Waals surface area contributed by atoms with Gasteiger partial charge in [0.15, 0.2) is 0 Å². The zero-order chi connectivity index (χ0) is 26.1. The summed E-state index contributed by atoms with van der Waals surface area (Å²) < 4.78 is 6.22. The lowest BCUT2D eigenvalue weighted by molar-refractivity contribution is -0.122. The van der Waals surface area contributed by atoms with Crippen LogP contribution in [0, 0.1) is 20.8 Å². The number of urea groups is 1. The monoisotopic (exact) mass is 490 g/mol. The second-order valence-corrected chi connectivity index (χ2v) is 9.09. The first-order chi connectivity index (χ1) is 17.8. The Labute approximate surface area is 215 Å². The molecule has 1 aliphatic heterocycles. The highest BCUT2D eigenvalue weighted by Crippen LogP contribution is 2.30. The van der Waals surface area contributed by atoms with E-state index in [4.69, 9.17) is 4.74 Å². The first-order valence-corrected chi connectivity index (χ1v) is 12.0. The molecule has 1 aliphatic rings. The Morgan fingerprint density at radius 2 is 1.57 bits per heavy atom. The van der Waals surface area contributed by atoms with Gasteiger partial charge in [-0.05, 0) is 66.4 Å². The van der Waals surface area contributed by atoms with Crippen molar-refractivity contribution < 1.29 is 19.1 Å². The molecule has 37 heavy (non-hydrogen) atoms. The maximum Gasteiger partial charge on any atom is 0.335 e. The number of amides is 4. The number of hydrogen-bond acceptors (Lipinski definition) is 4. The predicted octanol–water partition coefficient (Wildman–Crippen LogP) is 6.01. The van der Waals surface area contributed by atoms with Crippen LogP contribution in [0.15, 0.2) is 84.4 Å². The van der Waals surface area contributed by atoms with Crippen LogP contribution in [-0.2, 0) is 16.2 Å². The smallest absolute Gasteiger partial charge is 0.335 e. The molecule has 1 N–H and O–H groups in total. The second-order valence-electron chi connectivity index (χ2n) is 9.09. The molecule has 1 heterocycles. The van der Waals surface area contributed by atoms with Gasteiger partial charge in [0.25, 0.3) is 11.8 Å². The van der Waals surface area contributed by atoms with Crippen molar-refractivity contribution in [2.24, 2.45) is 0 Å². The van der Waals surface area contributed by atoms with Crippen molar-refractivity contribution in [1.82, 2.24) is 5.32 Å². The number of benzene rings is 4. The number of anilines is 1. The average molecular weight is 491 g/mol. The van der Waals surface area contributed by atoms with Crippen molar-refractivity contribution in [3.05, 3.63) is 112 Å². The lowest BCUT2D eigenvalue weighted by Crippen LogP contribution is -2.54. The van der Waals surface area contributed by atoms with Crippen LogP contribution in [0.2, 0.25) is 0 Å². The third-order valence-corrected chi connectivity index (χ3v) is 6.78. The minimum Gasteiger partial charge on any atom is -0.488 e. The summed E-state index contributed by atoms with van der Waals surface area (Å²) in [6, 6.07) is 24.1. The molecule has 0 bridgehead atoms. The SMILES string of the molecule is Cc1cccc(N2C(=O)NC(=O)/C(=C\c3ccccc3OCc3c(C)ccc4ccccc34)C2=O)c1C. The molecule has 0 atom stereocenters. The van der Waals surface area contributed by atoms with E-state index >= 15 is 0 Å². The number of nitrogens with one attached hydrogen (secondary N) is 1. The summed E-state index contributed by atoms with van der Waals surface area (Å²) in [5.41, 5.74) is 4.76. The molecule has 0 radical (unpaired) electrons. The third-order valence-electron chi connectivity index (χ3n) is 6.78. The topological polar surface area (TPSA) is 75.7 Å². The molecule has 0 spiro atoms. The fourth-order valence-electron chi connectivity index (χ4n) is 4.53. The number of carbonyl (C=O) groups excluding carboxylic acids is 3. The van der Waals surface area contributed by atoms with Crippen molar-refractivity contribution in [3.8, 4) is 5.75 Å². The number of barbiturate groups is 1. The molecule has 4 aromatic rings. The van der Waals surface area contributed by atoms with Crippen LogP contribution in [0.1, 0.15) is 27.8 Å². The van der Waals surface area contributed by atoms with Crippen LogP contribution < -0.4 is 15.0 Å². The molecular formula is C31H26N2O4. The Kier molecular flexibility index (Phi) is 6.32. The van der Waals surface area contributed by atoms with E-state index in [0.29, 0.717) is 23.6 Å². The van der Waals surface area contributed by atoms with Crippen LogP contribution in [-0.4, -0.2) is 17.8 Å². The zero-order valence-corrected chi connectivity index (χ0v) is 20.9. The van der Waals surface area contributed by atoms with Gasteiger partial charge in [0.2, 0.25) is 0 Å². The maximum atomic E-state index is 13.4. The number of ether oxygens (including phenoxy) is 1. The van der Waals surface area contributed by atoms with Crippen molar-refractivity contribution in [2.45, 2.75) is 27.4 Å². The minimum atomic E-state index is -0.767. The van der Waals surface area contributed by atoms with Crippen LogP contribution in [0.5, 0.6) is 5.75 Å². The number of aryl methyl sites for hydroxylation is 2. The molecule has 1 saturated heterocycles. The van der Waals surface area contributed by atoms with Crippen molar-refractivity contribution in [1.29, 1.82) is 0 Å². The van der Waals surface area contributed by atoms with Crippen molar-refractivity contribution in [3.63, 3.8) is 0 Å².